The number of fused-ring (bicyclic) bond motifs is 1. The van der Waals surface area contributed by atoms with Crippen molar-refractivity contribution in [2.45, 2.75) is 52.0 Å². The Kier molecular flexibility index (Phi) is 8.19. The summed E-state index contributed by atoms with van der Waals surface area (Å²) in [5, 5.41) is 3.01. The van der Waals surface area contributed by atoms with Crippen molar-refractivity contribution in [3.63, 3.8) is 0 Å². The number of imidazole rings is 1. The minimum Gasteiger partial charge on any atom is -0.496 e. The Morgan fingerprint density at radius 3 is 2.46 bits per heavy atom. The fourth-order valence-electron chi connectivity index (χ4n) is 4.40. The lowest BCUT2D eigenvalue weighted by Crippen LogP contribution is -2.24. The van der Waals surface area contributed by atoms with E-state index in [9.17, 15) is 4.79 Å². The fourth-order valence-corrected chi connectivity index (χ4v) is 4.40. The van der Waals surface area contributed by atoms with Gasteiger partial charge in [-0.05, 0) is 54.2 Å². The molecule has 4 aromatic rings. The molecule has 1 N–H and O–H groups in total. The number of methoxy groups -OCH3 is 1. The number of para-hydroxylation sites is 3. The monoisotopic (exact) mass is 469 g/mol. The Morgan fingerprint density at radius 1 is 0.943 bits per heavy atom. The normalized spacial score (nSPS) is 11.2. The Labute approximate surface area is 208 Å². The molecule has 4 rings (SSSR count). The van der Waals surface area contributed by atoms with Gasteiger partial charge >= 0.3 is 0 Å². The summed E-state index contributed by atoms with van der Waals surface area (Å²) in [5.41, 5.74) is 5.45. The zero-order valence-corrected chi connectivity index (χ0v) is 21.0. The van der Waals surface area contributed by atoms with Gasteiger partial charge in [0.1, 0.15) is 11.6 Å². The highest BCUT2D eigenvalue weighted by atomic mass is 16.5. The van der Waals surface area contributed by atoms with Gasteiger partial charge in [-0.3, -0.25) is 4.79 Å². The van der Waals surface area contributed by atoms with Gasteiger partial charge in [0.05, 0.1) is 23.7 Å². The molecule has 0 saturated heterocycles. The summed E-state index contributed by atoms with van der Waals surface area (Å²) in [5.74, 6) is 2.17. The van der Waals surface area contributed by atoms with Crippen LogP contribution in [0.1, 0.15) is 66.3 Å². The first-order valence-corrected chi connectivity index (χ1v) is 12.5. The number of unbranched alkanes of at least 4 members (excludes halogenated alkanes) is 2. The first kappa shape index (κ1) is 24.5. The van der Waals surface area contributed by atoms with Crippen molar-refractivity contribution in [3.8, 4) is 5.75 Å². The van der Waals surface area contributed by atoms with Crippen LogP contribution in [-0.2, 0) is 13.0 Å². The molecular formula is C30H35N3O2. The molecule has 0 aliphatic heterocycles. The van der Waals surface area contributed by atoms with Crippen LogP contribution in [0.15, 0.2) is 72.8 Å². The number of hydrogen-bond donors (Lipinski definition) is 1. The highest BCUT2D eigenvalue weighted by molar-refractivity contribution is 5.96. The molecular weight excluding hydrogens is 434 g/mol. The van der Waals surface area contributed by atoms with E-state index >= 15 is 0 Å². The number of nitrogens with zero attached hydrogens (tertiary/aromatic N) is 2. The molecule has 0 aliphatic rings. The maximum atomic E-state index is 12.4. The predicted molar refractivity (Wildman–Crippen MR) is 142 cm³/mol. The largest absolute Gasteiger partial charge is 0.496 e. The lowest BCUT2D eigenvalue weighted by molar-refractivity contribution is 0.0950. The molecule has 0 spiro atoms. The molecule has 0 radical (unpaired) electrons. The SMILES string of the molecule is COc1ccccc1C(=O)NCCCCCc1nc2ccccc2n1Cc1ccc(C(C)C)cc1. The molecule has 0 aliphatic carbocycles. The molecule has 0 unspecified atom stereocenters. The van der Waals surface area contributed by atoms with Crippen LogP contribution in [0.5, 0.6) is 5.75 Å². The maximum absolute atomic E-state index is 12.4. The van der Waals surface area contributed by atoms with Crippen LogP contribution in [0, 0.1) is 0 Å². The van der Waals surface area contributed by atoms with Crippen molar-refractivity contribution in [1.29, 1.82) is 0 Å². The van der Waals surface area contributed by atoms with E-state index in [1.807, 2.05) is 18.2 Å². The van der Waals surface area contributed by atoms with E-state index in [1.165, 1.54) is 16.6 Å². The van der Waals surface area contributed by atoms with E-state index in [-0.39, 0.29) is 5.91 Å². The second kappa shape index (κ2) is 11.7. The Bertz CT molecular complexity index is 1260. The predicted octanol–water partition coefficient (Wildman–Crippen LogP) is 6.36. The zero-order chi connectivity index (χ0) is 24.6. The topological polar surface area (TPSA) is 56.1 Å². The zero-order valence-electron chi connectivity index (χ0n) is 21.0. The Hall–Kier alpha value is -3.60. The third kappa shape index (κ3) is 6.10. The molecule has 1 heterocycles. The maximum Gasteiger partial charge on any atom is 0.255 e. The van der Waals surface area contributed by atoms with Crippen molar-refractivity contribution in [2.24, 2.45) is 0 Å². The van der Waals surface area contributed by atoms with E-state index in [0.29, 0.717) is 23.8 Å². The number of carbonyl (C=O) groups is 1. The second-order valence-corrected chi connectivity index (χ2v) is 9.27. The third-order valence-corrected chi connectivity index (χ3v) is 6.43. The van der Waals surface area contributed by atoms with Gasteiger partial charge in [-0.15, -0.1) is 0 Å². The summed E-state index contributed by atoms with van der Waals surface area (Å²) in [6.07, 6.45) is 3.90. The molecule has 0 saturated carbocycles. The first-order chi connectivity index (χ1) is 17.1. The van der Waals surface area contributed by atoms with Crippen molar-refractivity contribution in [2.75, 3.05) is 13.7 Å². The van der Waals surface area contributed by atoms with Gasteiger partial charge in [0.15, 0.2) is 0 Å². The van der Waals surface area contributed by atoms with E-state index < -0.39 is 0 Å². The van der Waals surface area contributed by atoms with Crippen LogP contribution in [0.2, 0.25) is 0 Å². The molecule has 1 amide bonds. The average Bonchev–Trinajstić information content (AvgIpc) is 3.23. The van der Waals surface area contributed by atoms with Crippen molar-refractivity contribution in [1.82, 2.24) is 14.9 Å². The molecule has 5 heteroatoms. The van der Waals surface area contributed by atoms with E-state index in [0.717, 1.165) is 43.6 Å². The molecule has 182 valence electrons. The quantitative estimate of drug-likeness (QED) is 0.260. The summed E-state index contributed by atoms with van der Waals surface area (Å²) >= 11 is 0. The van der Waals surface area contributed by atoms with Gasteiger partial charge in [-0.1, -0.05) is 68.8 Å². The summed E-state index contributed by atoms with van der Waals surface area (Å²) < 4.78 is 7.64. The number of aromatic nitrogens is 2. The van der Waals surface area contributed by atoms with Crippen molar-refractivity contribution in [3.05, 3.63) is 95.3 Å². The number of aryl methyl sites for hydroxylation is 1. The molecule has 0 atom stereocenters. The average molecular weight is 470 g/mol. The fraction of sp³-hybridized carbons (Fsp3) is 0.333. The second-order valence-electron chi connectivity index (χ2n) is 9.27. The van der Waals surface area contributed by atoms with Gasteiger partial charge in [-0.2, -0.15) is 0 Å². The highest BCUT2D eigenvalue weighted by Crippen LogP contribution is 2.21. The molecule has 35 heavy (non-hydrogen) atoms. The standard InChI is InChI=1S/C30H35N3O2/c1-22(2)24-18-16-23(17-19-24)21-33-27-13-8-7-12-26(27)32-29(33)15-5-4-10-20-31-30(34)25-11-6-9-14-28(25)35-3/h6-9,11-14,16-19,22H,4-5,10,15,20-21H2,1-3H3,(H,31,34). The third-order valence-electron chi connectivity index (χ3n) is 6.43. The lowest BCUT2D eigenvalue weighted by atomic mass is 10.0. The van der Waals surface area contributed by atoms with Gasteiger partial charge in [-0.25, -0.2) is 4.98 Å². The minimum atomic E-state index is -0.0901. The lowest BCUT2D eigenvalue weighted by Gasteiger charge is -2.12. The van der Waals surface area contributed by atoms with Gasteiger partial charge in [0, 0.05) is 19.5 Å². The number of hydrogen-bond acceptors (Lipinski definition) is 3. The number of amides is 1. The molecule has 1 aromatic heterocycles. The number of carbonyl (C=O) groups excluding carboxylic acids is 1. The number of nitrogens with one attached hydrogen (secondary N) is 1. The molecule has 0 fully saturated rings. The summed E-state index contributed by atoms with van der Waals surface area (Å²) in [4.78, 5) is 17.4. The number of ether oxygens (including phenoxy) is 1. The Morgan fingerprint density at radius 2 is 1.69 bits per heavy atom. The highest BCUT2D eigenvalue weighted by Gasteiger charge is 2.12. The number of benzene rings is 3. The van der Waals surface area contributed by atoms with Gasteiger partial charge in [0.25, 0.3) is 5.91 Å². The van der Waals surface area contributed by atoms with Crippen molar-refractivity contribution >= 4 is 16.9 Å². The summed E-state index contributed by atoms with van der Waals surface area (Å²) in [7, 11) is 1.58. The van der Waals surface area contributed by atoms with E-state index in [1.54, 1.807) is 19.2 Å². The minimum absolute atomic E-state index is 0.0901. The number of rotatable bonds is 11. The molecule has 3 aromatic carbocycles. The van der Waals surface area contributed by atoms with Crippen LogP contribution in [0.25, 0.3) is 11.0 Å². The van der Waals surface area contributed by atoms with Crippen LogP contribution >= 0.6 is 0 Å². The van der Waals surface area contributed by atoms with Crippen LogP contribution < -0.4 is 10.1 Å². The van der Waals surface area contributed by atoms with Crippen LogP contribution in [0.3, 0.4) is 0 Å². The molecule has 5 nitrogen and oxygen atoms in total. The summed E-state index contributed by atoms with van der Waals surface area (Å²) in [6.45, 7) is 5.92. The van der Waals surface area contributed by atoms with Crippen LogP contribution in [0.4, 0.5) is 0 Å². The van der Waals surface area contributed by atoms with E-state index in [2.05, 4.69) is 66.2 Å². The van der Waals surface area contributed by atoms with Crippen molar-refractivity contribution < 1.29 is 9.53 Å². The van der Waals surface area contributed by atoms with E-state index in [4.69, 9.17) is 9.72 Å². The molecule has 0 bridgehead atoms. The van der Waals surface area contributed by atoms with Gasteiger partial charge in [0.2, 0.25) is 0 Å². The smallest absolute Gasteiger partial charge is 0.255 e. The van der Waals surface area contributed by atoms with Gasteiger partial charge < -0.3 is 14.6 Å². The summed E-state index contributed by atoms with van der Waals surface area (Å²) in [6, 6.07) is 24.6. The van der Waals surface area contributed by atoms with Crippen LogP contribution in [-0.4, -0.2) is 29.1 Å². The first-order valence-electron chi connectivity index (χ1n) is 12.5. The Balaban J connectivity index is 1.33.